The first-order valence-corrected chi connectivity index (χ1v) is 4.41. The first kappa shape index (κ1) is 12.9. The molecule has 0 unspecified atom stereocenters. The number of benzene rings is 1. The minimum atomic E-state index is -4.44. The predicted molar refractivity (Wildman–Crippen MR) is 39.8 cm³/mol. The Morgan fingerprint density at radius 1 is 1.38 bits per heavy atom. The molecule has 0 heterocycles. The van der Waals surface area contributed by atoms with Crippen molar-refractivity contribution in [1.82, 2.24) is 0 Å². The van der Waals surface area contributed by atoms with Gasteiger partial charge in [-0.15, -0.1) is 0 Å². The minimum Gasteiger partial charge on any atom is -0.744 e. The second-order valence-corrected chi connectivity index (χ2v) is 3.47. The molecule has 13 heavy (non-hydrogen) atoms. The van der Waals surface area contributed by atoms with Gasteiger partial charge in [0.15, 0.2) is 0 Å². The SMILES string of the molecule is O=S(=O)([O-])c1cccc(NO)c1.[Na+]. The van der Waals surface area contributed by atoms with Crippen molar-refractivity contribution in [1.29, 1.82) is 0 Å². The Labute approximate surface area is 97.8 Å². The van der Waals surface area contributed by atoms with E-state index in [1.807, 2.05) is 0 Å². The first-order valence-electron chi connectivity index (χ1n) is 3.00. The van der Waals surface area contributed by atoms with Crippen molar-refractivity contribution in [3.05, 3.63) is 24.3 Å². The Bertz CT molecular complexity index is 378. The molecule has 66 valence electrons. The number of nitrogens with one attached hydrogen (secondary N) is 1. The Morgan fingerprint density at radius 2 is 2.00 bits per heavy atom. The summed E-state index contributed by atoms with van der Waals surface area (Å²) in [5, 5.41) is 8.38. The van der Waals surface area contributed by atoms with Crippen LogP contribution in [0, 0.1) is 0 Å². The summed E-state index contributed by atoms with van der Waals surface area (Å²) in [5.41, 5.74) is 1.90. The van der Waals surface area contributed by atoms with Gasteiger partial charge in [-0.2, -0.15) is 0 Å². The van der Waals surface area contributed by atoms with Crippen LogP contribution in [0.4, 0.5) is 5.69 Å². The maximum Gasteiger partial charge on any atom is 1.00 e. The molecule has 0 amide bonds. The molecule has 7 heteroatoms. The van der Waals surface area contributed by atoms with Gasteiger partial charge in [0.2, 0.25) is 0 Å². The van der Waals surface area contributed by atoms with E-state index in [0.717, 1.165) is 12.1 Å². The molecule has 0 spiro atoms. The molecular formula is C6H6NNaO4S. The largest absolute Gasteiger partial charge is 1.00 e. The van der Waals surface area contributed by atoms with E-state index in [2.05, 4.69) is 0 Å². The Hall–Kier alpha value is -0.110. The van der Waals surface area contributed by atoms with Gasteiger partial charge >= 0.3 is 29.6 Å². The van der Waals surface area contributed by atoms with Gasteiger partial charge in [0.25, 0.3) is 0 Å². The molecule has 0 aliphatic heterocycles. The van der Waals surface area contributed by atoms with Gasteiger partial charge in [0.1, 0.15) is 10.1 Å². The van der Waals surface area contributed by atoms with Gasteiger partial charge in [-0.25, -0.2) is 8.42 Å². The average molecular weight is 211 g/mol. The summed E-state index contributed by atoms with van der Waals surface area (Å²) in [6.07, 6.45) is 0. The van der Waals surface area contributed by atoms with Gasteiger partial charge in [0.05, 0.1) is 10.6 Å². The van der Waals surface area contributed by atoms with E-state index in [1.54, 1.807) is 5.48 Å². The van der Waals surface area contributed by atoms with E-state index in [-0.39, 0.29) is 40.1 Å². The average Bonchev–Trinajstić information content (AvgIpc) is 2.03. The van der Waals surface area contributed by atoms with E-state index in [1.165, 1.54) is 12.1 Å². The third-order valence-electron chi connectivity index (χ3n) is 1.25. The number of hydrogen-bond acceptors (Lipinski definition) is 5. The van der Waals surface area contributed by atoms with E-state index < -0.39 is 10.1 Å². The van der Waals surface area contributed by atoms with E-state index in [0.29, 0.717) is 0 Å². The van der Waals surface area contributed by atoms with E-state index in [4.69, 9.17) is 5.21 Å². The third kappa shape index (κ3) is 3.63. The van der Waals surface area contributed by atoms with Crippen LogP contribution in [0.3, 0.4) is 0 Å². The molecule has 0 aliphatic carbocycles. The van der Waals surface area contributed by atoms with Gasteiger partial charge in [-0.05, 0) is 18.2 Å². The topological polar surface area (TPSA) is 89.5 Å². The molecule has 2 N–H and O–H groups in total. The Morgan fingerprint density at radius 3 is 2.46 bits per heavy atom. The van der Waals surface area contributed by atoms with Crippen molar-refractivity contribution in [3.8, 4) is 0 Å². The number of anilines is 1. The van der Waals surface area contributed by atoms with Gasteiger partial charge < -0.3 is 4.55 Å². The second-order valence-electron chi connectivity index (χ2n) is 2.09. The summed E-state index contributed by atoms with van der Waals surface area (Å²) in [4.78, 5) is -0.374. The molecule has 0 saturated heterocycles. The summed E-state index contributed by atoms with van der Waals surface area (Å²) in [5.74, 6) is 0. The van der Waals surface area contributed by atoms with Crippen molar-refractivity contribution in [3.63, 3.8) is 0 Å². The van der Waals surface area contributed by atoms with Crippen molar-refractivity contribution < 1.29 is 47.7 Å². The molecular weight excluding hydrogens is 205 g/mol. The molecule has 0 aliphatic rings. The van der Waals surface area contributed by atoms with Crippen molar-refractivity contribution in [2.75, 3.05) is 5.48 Å². The van der Waals surface area contributed by atoms with Crippen LogP contribution < -0.4 is 35.0 Å². The summed E-state index contributed by atoms with van der Waals surface area (Å²) >= 11 is 0. The van der Waals surface area contributed by atoms with E-state index >= 15 is 0 Å². The molecule has 0 atom stereocenters. The molecule has 0 saturated carbocycles. The zero-order valence-corrected chi connectivity index (χ0v) is 9.71. The number of hydrogen-bond donors (Lipinski definition) is 2. The Kier molecular flexibility index (Phi) is 4.90. The van der Waals surface area contributed by atoms with E-state index in [9.17, 15) is 13.0 Å². The molecule has 1 aromatic carbocycles. The summed E-state index contributed by atoms with van der Waals surface area (Å²) in [6.45, 7) is 0. The predicted octanol–water partition coefficient (Wildman–Crippen LogP) is -2.60. The second kappa shape index (κ2) is 4.94. The van der Waals surface area contributed by atoms with Crippen LogP contribution in [-0.2, 0) is 10.1 Å². The number of rotatable bonds is 2. The Balaban J connectivity index is 0.00000144. The zero-order chi connectivity index (χ0) is 9.19. The fourth-order valence-corrected chi connectivity index (χ4v) is 1.24. The van der Waals surface area contributed by atoms with Crippen molar-refractivity contribution in [2.45, 2.75) is 4.90 Å². The summed E-state index contributed by atoms with van der Waals surface area (Å²) in [7, 11) is -4.44. The van der Waals surface area contributed by atoms with Crippen LogP contribution in [-0.4, -0.2) is 18.2 Å². The first-order chi connectivity index (χ1) is 5.54. The van der Waals surface area contributed by atoms with Gasteiger partial charge in [0, 0.05) is 0 Å². The van der Waals surface area contributed by atoms with Crippen LogP contribution in [0.5, 0.6) is 0 Å². The third-order valence-corrected chi connectivity index (χ3v) is 2.08. The molecule has 0 radical (unpaired) electrons. The van der Waals surface area contributed by atoms with Crippen LogP contribution in [0.25, 0.3) is 0 Å². The van der Waals surface area contributed by atoms with Crippen LogP contribution in [0.2, 0.25) is 0 Å². The van der Waals surface area contributed by atoms with Crippen LogP contribution in [0.15, 0.2) is 29.2 Å². The van der Waals surface area contributed by atoms with Crippen LogP contribution in [0.1, 0.15) is 0 Å². The zero-order valence-electron chi connectivity index (χ0n) is 6.89. The maximum atomic E-state index is 10.4. The fraction of sp³-hybridized carbons (Fsp3) is 0. The quantitative estimate of drug-likeness (QED) is 0.318. The van der Waals surface area contributed by atoms with Crippen molar-refractivity contribution in [2.24, 2.45) is 0 Å². The molecule has 1 rings (SSSR count). The van der Waals surface area contributed by atoms with Crippen molar-refractivity contribution >= 4 is 15.8 Å². The molecule has 1 aromatic rings. The standard InChI is InChI=1S/C6H7NO4S.Na/c8-7-5-2-1-3-6(4-5)12(9,10)11;/h1-4,7-8H,(H,9,10,11);/q;+1/p-1. The molecule has 0 bridgehead atoms. The maximum absolute atomic E-state index is 10.4. The van der Waals surface area contributed by atoms with Crippen LogP contribution >= 0.6 is 0 Å². The minimum absolute atomic E-state index is 0. The molecule has 5 nitrogen and oxygen atoms in total. The monoisotopic (exact) mass is 211 g/mol. The molecule has 0 fully saturated rings. The van der Waals surface area contributed by atoms with Gasteiger partial charge in [-0.3, -0.25) is 10.7 Å². The smallest absolute Gasteiger partial charge is 0.744 e. The molecule has 0 aromatic heterocycles. The van der Waals surface area contributed by atoms with Gasteiger partial charge in [-0.1, -0.05) is 6.07 Å². The fourth-order valence-electron chi connectivity index (χ4n) is 0.721. The summed E-state index contributed by atoms with van der Waals surface area (Å²) in [6, 6.07) is 4.98. The normalized spacial score (nSPS) is 10.3. The summed E-state index contributed by atoms with van der Waals surface area (Å²) < 4.78 is 31.3.